The Labute approximate surface area is 197 Å². The molecule has 0 aliphatic carbocycles. The summed E-state index contributed by atoms with van der Waals surface area (Å²) in [5.74, 6) is 0.895. The summed E-state index contributed by atoms with van der Waals surface area (Å²) in [6, 6.07) is 5.07. The first-order chi connectivity index (χ1) is 14.9. The minimum atomic E-state index is -3.17. The lowest BCUT2D eigenvalue weighted by molar-refractivity contribution is 0.180. The number of aliphatic imine (C=N–C) groups is 1. The third kappa shape index (κ3) is 5.59. The third-order valence-corrected chi connectivity index (χ3v) is 7.98. The van der Waals surface area contributed by atoms with E-state index in [-0.39, 0.29) is 17.2 Å². The summed E-state index contributed by atoms with van der Waals surface area (Å²) in [5, 5.41) is 9.75. The molecule has 32 heavy (non-hydrogen) atoms. The van der Waals surface area contributed by atoms with Crippen LogP contribution in [0.1, 0.15) is 31.2 Å². The number of hydrogen-bond donors (Lipinski definition) is 0. The van der Waals surface area contributed by atoms with Crippen LogP contribution < -0.4 is 9.54 Å². The van der Waals surface area contributed by atoms with Crippen molar-refractivity contribution in [1.29, 1.82) is 5.26 Å². The second kappa shape index (κ2) is 9.35. The van der Waals surface area contributed by atoms with E-state index >= 15 is 0 Å². The largest absolute Gasteiger partial charge is 0.496 e. The zero-order valence-electron chi connectivity index (χ0n) is 18.7. The second-order valence-electron chi connectivity index (χ2n) is 8.72. The van der Waals surface area contributed by atoms with Gasteiger partial charge in [-0.15, -0.1) is 11.3 Å². The number of hydrogen-bond acceptors (Lipinski definition) is 6. The van der Waals surface area contributed by atoms with E-state index < -0.39 is 10.0 Å². The van der Waals surface area contributed by atoms with E-state index in [0.29, 0.717) is 40.8 Å². The molecule has 1 aliphatic heterocycles. The molecule has 8 nitrogen and oxygen atoms in total. The summed E-state index contributed by atoms with van der Waals surface area (Å²) in [4.78, 5) is 10.4. The lowest BCUT2D eigenvalue weighted by atomic mass is 9.95. The Morgan fingerprint density at radius 1 is 1.38 bits per heavy atom. The fourth-order valence-electron chi connectivity index (χ4n) is 3.27. The number of halogens is 1. The number of methoxy groups -OCH3 is 1. The van der Waals surface area contributed by atoms with Crippen LogP contribution in [0.3, 0.4) is 0 Å². The highest BCUT2D eigenvalue weighted by Gasteiger charge is 2.33. The average Bonchev–Trinajstić information content (AvgIpc) is 3.06. The van der Waals surface area contributed by atoms with Crippen molar-refractivity contribution in [1.82, 2.24) is 8.87 Å². The van der Waals surface area contributed by atoms with E-state index in [1.165, 1.54) is 29.0 Å². The van der Waals surface area contributed by atoms with Gasteiger partial charge >= 0.3 is 0 Å². The molecule has 0 saturated carbocycles. The number of nitriles is 1. The average molecular weight is 496 g/mol. The van der Waals surface area contributed by atoms with Crippen molar-refractivity contribution < 1.29 is 13.2 Å². The molecule has 0 N–H and O–H groups in total. The number of nitrogens with zero attached hydrogens (tertiary/aromatic N) is 5. The summed E-state index contributed by atoms with van der Waals surface area (Å²) < 4.78 is 32.3. The maximum Gasteiger partial charge on any atom is 0.211 e. The Morgan fingerprint density at radius 3 is 2.62 bits per heavy atom. The van der Waals surface area contributed by atoms with E-state index in [1.54, 1.807) is 18.2 Å². The Morgan fingerprint density at radius 2 is 2.06 bits per heavy atom. The molecular weight excluding hydrogens is 470 g/mol. The number of aromatic nitrogens is 1. The van der Waals surface area contributed by atoms with Gasteiger partial charge in [0.05, 0.1) is 18.9 Å². The highest BCUT2D eigenvalue weighted by atomic mass is 35.5. The van der Waals surface area contributed by atoms with Gasteiger partial charge in [0.25, 0.3) is 0 Å². The summed E-state index contributed by atoms with van der Waals surface area (Å²) in [6.07, 6.45) is 5.09. The number of rotatable bonds is 5. The van der Waals surface area contributed by atoms with Crippen molar-refractivity contribution in [3.63, 3.8) is 0 Å². The molecule has 0 radical (unpaired) electrons. The summed E-state index contributed by atoms with van der Waals surface area (Å²) in [5.41, 5.74) is 0.421. The molecular formula is C21H26ClN5O3S2. The Balaban J connectivity index is 2.05. The smallest absolute Gasteiger partial charge is 0.211 e. The zero-order valence-corrected chi connectivity index (χ0v) is 21.1. The Hall–Kier alpha value is -2.19. The first kappa shape index (κ1) is 24.5. The topological polar surface area (TPSA) is 100 Å². The normalized spacial score (nSPS) is 16.7. The molecule has 172 valence electrons. The van der Waals surface area contributed by atoms with E-state index in [9.17, 15) is 13.7 Å². The fraction of sp³-hybridized carbons (Fsp3) is 0.476. The van der Waals surface area contributed by atoms with Crippen molar-refractivity contribution in [3.05, 3.63) is 44.7 Å². The number of benzene rings is 1. The molecule has 1 aromatic carbocycles. The van der Waals surface area contributed by atoms with Crippen molar-refractivity contribution in [2.75, 3.05) is 26.5 Å². The molecule has 1 aromatic heterocycles. The van der Waals surface area contributed by atoms with Crippen LogP contribution in [-0.2, 0) is 22.0 Å². The minimum Gasteiger partial charge on any atom is -0.496 e. The molecule has 0 amide bonds. The first-order valence-electron chi connectivity index (χ1n) is 9.93. The van der Waals surface area contributed by atoms with Gasteiger partial charge in [-0.25, -0.2) is 12.7 Å². The van der Waals surface area contributed by atoms with Crippen molar-refractivity contribution in [2.45, 2.75) is 32.7 Å². The molecule has 1 saturated heterocycles. The molecule has 3 rings (SSSR count). The highest BCUT2D eigenvalue weighted by Crippen LogP contribution is 2.27. The standard InChI is InChI=1S/C21H26ClN5O3S2/c1-21(2,3)18-12-26(9-14-10-27(11-14)32(5,28)29)20(31-18)25-19(24-13-23)16-8-15(22)6-7-17(16)30-4/h6-8,12,14H,9-11H2,1-5H3. The number of thiazole rings is 1. The van der Waals surface area contributed by atoms with E-state index in [2.05, 4.69) is 25.8 Å². The Bertz CT molecular complexity index is 1240. The maximum absolute atomic E-state index is 11.7. The molecule has 1 aliphatic rings. The van der Waals surface area contributed by atoms with Crippen LogP contribution in [-0.4, -0.2) is 49.6 Å². The van der Waals surface area contributed by atoms with Crippen molar-refractivity contribution in [3.8, 4) is 11.9 Å². The van der Waals surface area contributed by atoms with Crippen LogP contribution in [0.4, 0.5) is 0 Å². The summed E-state index contributed by atoms with van der Waals surface area (Å²) >= 11 is 7.69. The highest BCUT2D eigenvalue weighted by molar-refractivity contribution is 7.88. The predicted molar refractivity (Wildman–Crippen MR) is 127 cm³/mol. The number of ether oxygens (including phenoxy) is 1. The minimum absolute atomic E-state index is 0.0983. The van der Waals surface area contributed by atoms with Crippen LogP contribution in [0.5, 0.6) is 5.75 Å². The van der Waals surface area contributed by atoms with E-state index in [1.807, 2.05) is 17.0 Å². The van der Waals surface area contributed by atoms with Gasteiger partial charge in [-0.2, -0.15) is 15.2 Å². The monoisotopic (exact) mass is 495 g/mol. The van der Waals surface area contributed by atoms with Gasteiger partial charge in [0.1, 0.15) is 5.75 Å². The molecule has 0 unspecified atom stereocenters. The van der Waals surface area contributed by atoms with Gasteiger partial charge in [0.2, 0.25) is 16.2 Å². The molecule has 2 aromatic rings. The quantitative estimate of drug-likeness (QED) is 0.361. The van der Waals surface area contributed by atoms with Gasteiger partial charge in [0.15, 0.2) is 10.6 Å². The molecule has 2 heterocycles. The number of amidine groups is 1. The van der Waals surface area contributed by atoms with Gasteiger partial charge in [0, 0.05) is 41.6 Å². The molecule has 1 fully saturated rings. The SMILES string of the molecule is COc1ccc(Cl)cc1C(=NC#N)N=c1sc(C(C)(C)C)cn1CC1CN(S(C)(=O)=O)C1. The van der Waals surface area contributed by atoms with E-state index in [4.69, 9.17) is 21.3 Å². The summed E-state index contributed by atoms with van der Waals surface area (Å²) in [7, 11) is -1.64. The lowest BCUT2D eigenvalue weighted by Crippen LogP contribution is -2.51. The Kier molecular flexibility index (Phi) is 7.15. The van der Waals surface area contributed by atoms with Crippen LogP contribution in [0.25, 0.3) is 0 Å². The zero-order chi connectivity index (χ0) is 23.7. The van der Waals surface area contributed by atoms with Crippen molar-refractivity contribution in [2.24, 2.45) is 15.9 Å². The molecule has 0 spiro atoms. The van der Waals surface area contributed by atoms with E-state index in [0.717, 1.165) is 4.88 Å². The van der Waals surface area contributed by atoms with Gasteiger partial charge in [-0.05, 0) is 23.6 Å². The van der Waals surface area contributed by atoms with Gasteiger partial charge in [-0.1, -0.05) is 32.4 Å². The predicted octanol–water partition coefficient (Wildman–Crippen LogP) is 3.23. The van der Waals surface area contributed by atoms with Crippen LogP contribution >= 0.6 is 22.9 Å². The third-order valence-electron chi connectivity index (χ3n) is 5.07. The van der Waals surface area contributed by atoms with Gasteiger partial charge < -0.3 is 9.30 Å². The fourth-order valence-corrected chi connectivity index (χ4v) is 5.46. The van der Waals surface area contributed by atoms with Crippen molar-refractivity contribution >= 4 is 38.8 Å². The lowest BCUT2D eigenvalue weighted by Gasteiger charge is -2.37. The molecule has 11 heteroatoms. The van der Waals surface area contributed by atoms with Crippen LogP contribution in [0.15, 0.2) is 34.4 Å². The number of sulfonamides is 1. The van der Waals surface area contributed by atoms with Crippen LogP contribution in [0.2, 0.25) is 5.02 Å². The molecule has 0 bridgehead atoms. The summed E-state index contributed by atoms with van der Waals surface area (Å²) in [6.45, 7) is 7.92. The van der Waals surface area contributed by atoms with Gasteiger partial charge in [-0.3, -0.25) is 0 Å². The molecule has 0 atom stereocenters. The van der Waals surface area contributed by atoms with Crippen LogP contribution in [0, 0.1) is 17.4 Å². The maximum atomic E-state index is 11.7. The second-order valence-corrected chi connectivity index (χ2v) is 12.1. The first-order valence-corrected chi connectivity index (χ1v) is 13.0.